The van der Waals surface area contributed by atoms with E-state index in [2.05, 4.69) is 9.97 Å². The lowest BCUT2D eigenvalue weighted by atomic mass is 10.1. The van der Waals surface area contributed by atoms with Crippen molar-refractivity contribution < 1.29 is 14.6 Å². The number of hydrogen-bond acceptors (Lipinski definition) is 5. The van der Waals surface area contributed by atoms with Gasteiger partial charge < -0.3 is 20.8 Å². The van der Waals surface area contributed by atoms with Gasteiger partial charge in [0.2, 0.25) is 0 Å². The van der Waals surface area contributed by atoms with Gasteiger partial charge in [0.1, 0.15) is 18.7 Å². The van der Waals surface area contributed by atoms with Crippen LogP contribution in [0.5, 0.6) is 5.75 Å². The van der Waals surface area contributed by atoms with Crippen molar-refractivity contribution in [3.63, 3.8) is 0 Å². The maximum Gasteiger partial charge on any atom is 0.128 e. The third-order valence-electron chi connectivity index (χ3n) is 2.16. The molecule has 0 saturated heterocycles. The molecule has 0 fully saturated rings. The summed E-state index contributed by atoms with van der Waals surface area (Å²) in [5.41, 5.74) is 1.32. The molecule has 19 heavy (non-hydrogen) atoms. The summed E-state index contributed by atoms with van der Waals surface area (Å²) in [7, 11) is 0. The molecular formula is C12H12ClN3O3. The van der Waals surface area contributed by atoms with Crippen molar-refractivity contribution in [3.8, 4) is 16.9 Å². The highest BCUT2D eigenvalue weighted by molar-refractivity contribution is 6.31. The van der Waals surface area contributed by atoms with Crippen LogP contribution in [0.3, 0.4) is 0 Å². The standard InChI is InChI=1S/C12H9ClN2O3.H3N/c13-9-1-2-11(18-6-12(16)17)10(3-9)8-4-14-7-15-5-8;/h1-5,7H,6H2,(H,16,17);1H3. The van der Waals surface area contributed by atoms with Gasteiger partial charge in [0.05, 0.1) is 5.97 Å². The molecule has 1 aromatic heterocycles. The van der Waals surface area contributed by atoms with Crippen LogP contribution in [0.2, 0.25) is 5.02 Å². The molecule has 1 aromatic carbocycles. The molecule has 0 atom stereocenters. The largest absolute Gasteiger partial charge is 0.546 e. The lowest BCUT2D eigenvalue weighted by Gasteiger charge is -2.12. The average molecular weight is 282 g/mol. The van der Waals surface area contributed by atoms with E-state index in [1.807, 2.05) is 0 Å². The molecule has 0 bridgehead atoms. The highest BCUT2D eigenvalue weighted by atomic mass is 35.5. The number of carboxylic acid groups (broad SMARTS) is 1. The van der Waals surface area contributed by atoms with Gasteiger partial charge in [-0.15, -0.1) is 0 Å². The maximum atomic E-state index is 10.4. The van der Waals surface area contributed by atoms with E-state index in [0.29, 0.717) is 21.9 Å². The summed E-state index contributed by atoms with van der Waals surface area (Å²) in [4.78, 5) is 18.2. The van der Waals surface area contributed by atoms with Crippen LogP contribution in [0.25, 0.3) is 11.1 Å². The average Bonchev–Trinajstić information content (AvgIpc) is 2.38. The number of quaternary nitrogens is 1. The molecule has 2 aromatic rings. The third kappa shape index (κ3) is 3.90. The first-order chi connectivity index (χ1) is 8.66. The van der Waals surface area contributed by atoms with Crippen LogP contribution in [-0.2, 0) is 4.79 Å². The fourth-order valence-electron chi connectivity index (χ4n) is 1.43. The Morgan fingerprint density at radius 1 is 1.32 bits per heavy atom. The number of aliphatic carboxylic acids is 1. The molecular weight excluding hydrogens is 270 g/mol. The Balaban J connectivity index is 0.00000180. The Bertz CT molecular complexity index is 563. The Morgan fingerprint density at radius 2 is 2.00 bits per heavy atom. The van der Waals surface area contributed by atoms with E-state index >= 15 is 0 Å². The Labute approximate surface area is 114 Å². The lowest BCUT2D eigenvalue weighted by Crippen LogP contribution is -2.29. The van der Waals surface area contributed by atoms with Gasteiger partial charge in [-0.3, -0.25) is 0 Å². The Kier molecular flexibility index (Phi) is 5.23. The van der Waals surface area contributed by atoms with Gasteiger partial charge in [-0.2, -0.15) is 0 Å². The first kappa shape index (κ1) is 14.9. The van der Waals surface area contributed by atoms with Crippen molar-refractivity contribution in [1.82, 2.24) is 16.1 Å². The van der Waals surface area contributed by atoms with Crippen LogP contribution in [0, 0.1) is 0 Å². The summed E-state index contributed by atoms with van der Waals surface area (Å²) in [6, 6.07) is 4.86. The van der Waals surface area contributed by atoms with E-state index in [-0.39, 0.29) is 6.15 Å². The van der Waals surface area contributed by atoms with E-state index < -0.39 is 12.6 Å². The summed E-state index contributed by atoms with van der Waals surface area (Å²) in [6.07, 6.45) is 4.57. The first-order valence-corrected chi connectivity index (χ1v) is 5.42. The van der Waals surface area contributed by atoms with Crippen LogP contribution >= 0.6 is 11.6 Å². The van der Waals surface area contributed by atoms with Crippen molar-refractivity contribution in [2.45, 2.75) is 0 Å². The maximum absolute atomic E-state index is 10.4. The van der Waals surface area contributed by atoms with Crippen molar-refractivity contribution in [1.29, 1.82) is 0 Å². The predicted molar refractivity (Wildman–Crippen MR) is 69.0 cm³/mol. The van der Waals surface area contributed by atoms with Gasteiger partial charge in [-0.1, -0.05) is 11.6 Å². The number of carboxylic acids is 1. The van der Waals surface area contributed by atoms with Crippen molar-refractivity contribution in [2.75, 3.05) is 6.61 Å². The molecule has 0 unspecified atom stereocenters. The van der Waals surface area contributed by atoms with E-state index in [9.17, 15) is 9.90 Å². The van der Waals surface area contributed by atoms with Crippen LogP contribution in [0.1, 0.15) is 0 Å². The summed E-state index contributed by atoms with van der Waals surface area (Å²) < 4.78 is 5.13. The summed E-state index contributed by atoms with van der Waals surface area (Å²) in [5, 5.41) is 10.9. The van der Waals surface area contributed by atoms with Crippen LogP contribution in [-0.4, -0.2) is 22.5 Å². The number of ether oxygens (including phenoxy) is 1. The van der Waals surface area contributed by atoms with Gasteiger partial charge in [0.25, 0.3) is 0 Å². The van der Waals surface area contributed by atoms with Gasteiger partial charge >= 0.3 is 0 Å². The number of nitrogens with zero attached hydrogens (tertiary/aromatic N) is 2. The minimum atomic E-state index is -1.29. The molecule has 0 radical (unpaired) electrons. The quantitative estimate of drug-likeness (QED) is 0.908. The van der Waals surface area contributed by atoms with E-state index in [0.717, 1.165) is 0 Å². The van der Waals surface area contributed by atoms with Crippen molar-refractivity contribution in [2.24, 2.45) is 0 Å². The number of carbonyl (C=O) groups excluding carboxylic acids is 1. The minimum Gasteiger partial charge on any atom is -0.546 e. The molecule has 0 spiro atoms. The number of hydrogen-bond donors (Lipinski definition) is 1. The second-order valence-electron chi connectivity index (χ2n) is 3.43. The van der Waals surface area contributed by atoms with Gasteiger partial charge in [0, 0.05) is 28.5 Å². The summed E-state index contributed by atoms with van der Waals surface area (Å²) in [5.74, 6) is -0.904. The second-order valence-corrected chi connectivity index (χ2v) is 3.86. The fourth-order valence-corrected chi connectivity index (χ4v) is 1.60. The second kappa shape index (κ2) is 6.67. The zero-order valence-corrected chi connectivity index (χ0v) is 10.9. The smallest absolute Gasteiger partial charge is 0.128 e. The molecule has 7 heteroatoms. The molecule has 1 heterocycles. The number of rotatable bonds is 4. The zero-order chi connectivity index (χ0) is 13.0. The lowest BCUT2D eigenvalue weighted by molar-refractivity contribution is -0.307. The van der Waals surface area contributed by atoms with E-state index in [1.54, 1.807) is 30.6 Å². The Morgan fingerprint density at radius 3 is 2.63 bits per heavy atom. The number of halogens is 1. The van der Waals surface area contributed by atoms with Crippen LogP contribution < -0.4 is 16.0 Å². The normalized spacial score (nSPS) is 9.53. The van der Waals surface area contributed by atoms with Crippen LogP contribution in [0.15, 0.2) is 36.9 Å². The molecule has 6 nitrogen and oxygen atoms in total. The highest BCUT2D eigenvalue weighted by Gasteiger charge is 2.08. The monoisotopic (exact) mass is 281 g/mol. The first-order valence-electron chi connectivity index (χ1n) is 5.04. The molecule has 0 saturated carbocycles. The number of benzene rings is 1. The zero-order valence-electron chi connectivity index (χ0n) is 10.2. The third-order valence-corrected chi connectivity index (χ3v) is 2.39. The molecule has 4 N–H and O–H groups in total. The molecule has 0 aliphatic heterocycles. The SMILES string of the molecule is O=C([O-])COc1ccc(Cl)cc1-c1cncnc1.[NH4+]. The van der Waals surface area contributed by atoms with E-state index in [1.165, 1.54) is 6.33 Å². The summed E-state index contributed by atoms with van der Waals surface area (Å²) >= 11 is 5.90. The van der Waals surface area contributed by atoms with Gasteiger partial charge in [0.15, 0.2) is 0 Å². The molecule has 0 aliphatic rings. The topological polar surface area (TPSA) is 112 Å². The van der Waals surface area contributed by atoms with E-state index in [4.69, 9.17) is 16.3 Å². The molecule has 0 aliphatic carbocycles. The molecule has 2 rings (SSSR count). The fraction of sp³-hybridized carbons (Fsp3) is 0.0833. The number of carbonyl (C=O) groups is 1. The van der Waals surface area contributed by atoms with Crippen molar-refractivity contribution >= 4 is 17.6 Å². The minimum absolute atomic E-state index is 0. The predicted octanol–water partition coefficient (Wildman–Crippen LogP) is 1.30. The van der Waals surface area contributed by atoms with Crippen LogP contribution in [0.4, 0.5) is 0 Å². The van der Waals surface area contributed by atoms with Crippen molar-refractivity contribution in [3.05, 3.63) is 41.9 Å². The molecule has 0 amide bonds. The highest BCUT2D eigenvalue weighted by Crippen LogP contribution is 2.31. The van der Waals surface area contributed by atoms with Gasteiger partial charge in [-0.25, -0.2) is 9.97 Å². The summed E-state index contributed by atoms with van der Waals surface area (Å²) in [6.45, 7) is -0.525. The van der Waals surface area contributed by atoms with Gasteiger partial charge in [-0.05, 0) is 18.2 Å². The Hall–Kier alpha value is -2.18. The number of aromatic nitrogens is 2. The molecule has 100 valence electrons.